The molecule has 0 bridgehead atoms. The number of aromatic nitrogens is 1. The lowest BCUT2D eigenvalue weighted by molar-refractivity contribution is -0.138. The highest BCUT2D eigenvalue weighted by molar-refractivity contribution is 6.07. The normalized spacial score (nSPS) is 19.9. The molecule has 1 aromatic heterocycles. The Morgan fingerprint density at radius 3 is 2.42 bits per heavy atom. The lowest BCUT2D eigenvalue weighted by Crippen LogP contribution is -2.50. The van der Waals surface area contributed by atoms with Gasteiger partial charge in [0.05, 0.1) is 35.1 Å². The molecule has 5 rings (SSSR count). The topological polar surface area (TPSA) is 60.9 Å². The molecule has 0 aliphatic carbocycles. The Morgan fingerprint density at radius 1 is 1.00 bits per heavy atom. The van der Waals surface area contributed by atoms with Crippen LogP contribution in [0.4, 0.5) is 43.5 Å². The third-order valence-electron chi connectivity index (χ3n) is 7.87. The summed E-state index contributed by atoms with van der Waals surface area (Å²) in [6.45, 7) is 6.77. The molecule has 3 aromatic rings. The number of halogens is 6. The molecule has 1 N–H and O–H groups in total. The van der Waals surface area contributed by atoms with Crippen LogP contribution in [-0.4, -0.2) is 74.3 Å². The smallest absolute Gasteiger partial charge is 0.375 e. The fourth-order valence-electron chi connectivity index (χ4n) is 5.38. The van der Waals surface area contributed by atoms with Crippen molar-refractivity contribution in [3.63, 3.8) is 0 Å². The number of ether oxygens (including phenoxy) is 1. The lowest BCUT2D eigenvalue weighted by Gasteiger charge is -2.39. The van der Waals surface area contributed by atoms with E-state index in [1.54, 1.807) is 11.0 Å². The van der Waals surface area contributed by atoms with Gasteiger partial charge in [-0.1, -0.05) is 0 Å². The number of carbonyl (C=O) groups is 1. The molecule has 2 atom stereocenters. The van der Waals surface area contributed by atoms with Crippen LogP contribution in [0.15, 0.2) is 42.6 Å². The molecule has 43 heavy (non-hydrogen) atoms. The summed E-state index contributed by atoms with van der Waals surface area (Å²) in [5, 5.41) is 2.25. The standard InChI is InChI=1S/C30H31F6N5O2/c1-17-15-40(9-8-39(17)3)24-13-23(32)26(19-4-7-25(37-14-19)41-10-11-43-18(2)16-41)27(33)28(24)38-29(42)21-6-5-20(31)12-22(21)30(34,35)36/h4-7,12-14,17-18H,8-11,15-16H2,1-3H3,(H,38,42)/t17-,18+/m0/s1. The maximum absolute atomic E-state index is 16.4. The van der Waals surface area contributed by atoms with Crippen molar-refractivity contribution in [2.75, 3.05) is 61.5 Å². The number of pyridine rings is 1. The number of carbonyl (C=O) groups excluding carboxylic acids is 1. The largest absolute Gasteiger partial charge is 0.417 e. The van der Waals surface area contributed by atoms with Crippen LogP contribution in [0.1, 0.15) is 29.8 Å². The van der Waals surface area contributed by atoms with E-state index >= 15 is 8.78 Å². The van der Waals surface area contributed by atoms with Crippen molar-refractivity contribution >= 4 is 23.1 Å². The zero-order valence-corrected chi connectivity index (χ0v) is 23.8. The summed E-state index contributed by atoms with van der Waals surface area (Å²) in [4.78, 5) is 23.3. The monoisotopic (exact) mass is 607 g/mol. The predicted molar refractivity (Wildman–Crippen MR) is 151 cm³/mol. The number of benzene rings is 2. The third kappa shape index (κ3) is 6.42. The number of alkyl halides is 3. The van der Waals surface area contributed by atoms with E-state index in [0.29, 0.717) is 57.3 Å². The van der Waals surface area contributed by atoms with Crippen LogP contribution in [0.5, 0.6) is 0 Å². The fraction of sp³-hybridized carbons (Fsp3) is 0.400. The van der Waals surface area contributed by atoms with E-state index in [-0.39, 0.29) is 29.5 Å². The molecule has 0 spiro atoms. The van der Waals surface area contributed by atoms with E-state index in [0.717, 1.165) is 6.07 Å². The van der Waals surface area contributed by atoms with E-state index in [2.05, 4.69) is 10.3 Å². The van der Waals surface area contributed by atoms with Gasteiger partial charge in [-0.25, -0.2) is 18.2 Å². The number of nitrogens with one attached hydrogen (secondary N) is 1. The van der Waals surface area contributed by atoms with Gasteiger partial charge >= 0.3 is 6.18 Å². The average Bonchev–Trinajstić information content (AvgIpc) is 2.95. The highest BCUT2D eigenvalue weighted by Gasteiger charge is 2.36. The summed E-state index contributed by atoms with van der Waals surface area (Å²) in [5.74, 6) is -4.01. The maximum atomic E-state index is 16.4. The van der Waals surface area contributed by atoms with Gasteiger partial charge < -0.3 is 24.8 Å². The van der Waals surface area contributed by atoms with Crippen molar-refractivity contribution in [2.45, 2.75) is 32.2 Å². The number of nitrogens with zero attached hydrogens (tertiary/aromatic N) is 4. The summed E-state index contributed by atoms with van der Waals surface area (Å²) in [6.07, 6.45) is -3.76. The van der Waals surface area contributed by atoms with Gasteiger partial charge in [0.15, 0.2) is 5.82 Å². The van der Waals surface area contributed by atoms with E-state index in [4.69, 9.17) is 4.74 Å². The Labute approximate surface area is 245 Å². The summed E-state index contributed by atoms with van der Waals surface area (Å²) in [7, 11) is 1.90. The summed E-state index contributed by atoms with van der Waals surface area (Å²) < 4.78 is 92.4. The van der Waals surface area contributed by atoms with Crippen LogP contribution in [0.3, 0.4) is 0 Å². The van der Waals surface area contributed by atoms with Gasteiger partial charge in [0.1, 0.15) is 23.1 Å². The van der Waals surface area contributed by atoms with Gasteiger partial charge in [-0.2, -0.15) is 13.2 Å². The Hall–Kier alpha value is -3.84. The number of piperazine rings is 1. The zero-order chi connectivity index (χ0) is 31.1. The van der Waals surface area contributed by atoms with E-state index in [9.17, 15) is 22.4 Å². The van der Waals surface area contributed by atoms with Crippen molar-refractivity contribution in [3.8, 4) is 11.1 Å². The molecule has 0 radical (unpaired) electrons. The Morgan fingerprint density at radius 2 is 1.77 bits per heavy atom. The second-order valence-corrected chi connectivity index (χ2v) is 10.9. The number of amides is 1. The van der Waals surface area contributed by atoms with Crippen molar-refractivity contribution in [1.29, 1.82) is 0 Å². The van der Waals surface area contributed by atoms with Crippen LogP contribution < -0.4 is 15.1 Å². The van der Waals surface area contributed by atoms with Crippen molar-refractivity contribution in [3.05, 3.63) is 71.2 Å². The first kappa shape index (κ1) is 30.6. The molecule has 3 heterocycles. The molecule has 2 aromatic carbocycles. The van der Waals surface area contributed by atoms with Crippen LogP contribution in [0, 0.1) is 17.5 Å². The number of rotatable bonds is 5. The van der Waals surface area contributed by atoms with Gasteiger partial charge in [-0.3, -0.25) is 4.79 Å². The summed E-state index contributed by atoms with van der Waals surface area (Å²) >= 11 is 0. The molecule has 2 fully saturated rings. The minimum Gasteiger partial charge on any atom is -0.375 e. The van der Waals surface area contributed by atoms with E-state index in [1.165, 1.54) is 12.3 Å². The minimum atomic E-state index is -5.05. The number of likely N-dealkylation sites (N-methyl/N-ethyl adjacent to an activating group) is 1. The highest BCUT2D eigenvalue weighted by atomic mass is 19.4. The Balaban J connectivity index is 1.57. The van der Waals surface area contributed by atoms with Crippen LogP contribution in [0.25, 0.3) is 11.1 Å². The molecular formula is C30H31F6N5O2. The molecule has 0 saturated carbocycles. The zero-order valence-electron chi connectivity index (χ0n) is 23.8. The number of hydrogen-bond donors (Lipinski definition) is 1. The first-order chi connectivity index (χ1) is 20.3. The Kier molecular flexibility index (Phi) is 8.57. The molecule has 230 valence electrons. The van der Waals surface area contributed by atoms with Crippen LogP contribution in [0.2, 0.25) is 0 Å². The highest BCUT2D eigenvalue weighted by Crippen LogP contribution is 2.40. The fourth-order valence-corrected chi connectivity index (χ4v) is 5.38. The van der Waals surface area contributed by atoms with Gasteiger partial charge in [-0.05, 0) is 51.2 Å². The van der Waals surface area contributed by atoms with E-state index in [1.807, 2.05) is 30.7 Å². The molecule has 2 aliphatic heterocycles. The van der Waals surface area contributed by atoms with Crippen molar-refractivity contribution < 1.29 is 35.9 Å². The molecular weight excluding hydrogens is 576 g/mol. The predicted octanol–water partition coefficient (Wildman–Crippen LogP) is 5.80. The van der Waals surface area contributed by atoms with Crippen molar-refractivity contribution in [2.24, 2.45) is 0 Å². The molecule has 1 amide bonds. The van der Waals surface area contributed by atoms with Gasteiger partial charge in [-0.15, -0.1) is 0 Å². The average molecular weight is 608 g/mol. The van der Waals surface area contributed by atoms with Crippen LogP contribution in [-0.2, 0) is 10.9 Å². The van der Waals surface area contributed by atoms with Gasteiger partial charge in [0.2, 0.25) is 0 Å². The second-order valence-electron chi connectivity index (χ2n) is 10.9. The van der Waals surface area contributed by atoms with Crippen molar-refractivity contribution in [1.82, 2.24) is 9.88 Å². The van der Waals surface area contributed by atoms with Gasteiger partial charge in [0, 0.05) is 56.6 Å². The maximum Gasteiger partial charge on any atom is 0.417 e. The van der Waals surface area contributed by atoms with Gasteiger partial charge in [0.25, 0.3) is 5.91 Å². The SMILES string of the molecule is C[C@@H]1CN(c2ccc(-c3c(F)cc(N4CCN(C)[C@@H](C)C4)c(NC(=O)c4ccc(F)cc4C(F)(F)F)c3F)cn2)CCO1. The minimum absolute atomic E-state index is 0.0138. The summed E-state index contributed by atoms with van der Waals surface area (Å²) in [6, 6.07) is 5.76. The number of hydrogen-bond acceptors (Lipinski definition) is 6. The van der Waals surface area contributed by atoms with E-state index < -0.39 is 51.9 Å². The third-order valence-corrected chi connectivity index (χ3v) is 7.87. The molecule has 13 heteroatoms. The summed E-state index contributed by atoms with van der Waals surface area (Å²) in [5.41, 5.74) is -3.34. The number of anilines is 3. The second kappa shape index (κ2) is 12.0. The first-order valence-corrected chi connectivity index (χ1v) is 13.8. The molecule has 0 unspecified atom stereocenters. The first-order valence-electron chi connectivity index (χ1n) is 13.8. The molecule has 2 saturated heterocycles. The quantitative estimate of drug-likeness (QED) is 0.370. The molecule has 7 nitrogen and oxygen atoms in total. The van der Waals surface area contributed by atoms with Crippen LogP contribution >= 0.6 is 0 Å². The number of morpholine rings is 1. The molecule has 2 aliphatic rings. The lowest BCUT2D eigenvalue weighted by atomic mass is 10.0. The Bertz CT molecular complexity index is 1500.